The molecule has 2 rings (SSSR count). The summed E-state index contributed by atoms with van der Waals surface area (Å²) >= 11 is 0. The van der Waals surface area contributed by atoms with Crippen molar-refractivity contribution in [1.29, 1.82) is 0 Å². The molecule has 1 N–H and O–H groups in total. The van der Waals surface area contributed by atoms with Crippen LogP contribution in [0.5, 0.6) is 5.75 Å². The quantitative estimate of drug-likeness (QED) is 0.868. The van der Waals surface area contributed by atoms with E-state index in [-0.39, 0.29) is 18.8 Å². The van der Waals surface area contributed by atoms with Crippen molar-refractivity contribution in [1.82, 2.24) is 4.98 Å². The van der Waals surface area contributed by atoms with E-state index in [1.165, 1.54) is 0 Å². The third-order valence-corrected chi connectivity index (χ3v) is 2.82. The second kappa shape index (κ2) is 6.02. The minimum atomic E-state index is -0.0526. The van der Waals surface area contributed by atoms with Crippen molar-refractivity contribution in [2.75, 3.05) is 31.3 Å². The largest absolute Gasteiger partial charge is 0.487 e. The highest BCUT2D eigenvalue weighted by Gasteiger charge is 2.26. The second-order valence-electron chi connectivity index (χ2n) is 4.60. The maximum absolute atomic E-state index is 9.41. The molecule has 1 atom stereocenters. The average Bonchev–Trinajstić information content (AvgIpc) is 2.39. The summed E-state index contributed by atoms with van der Waals surface area (Å²) in [7, 11) is 0. The fourth-order valence-corrected chi connectivity index (χ4v) is 2.03. The molecule has 0 aromatic carbocycles. The second-order valence-corrected chi connectivity index (χ2v) is 4.60. The summed E-state index contributed by atoms with van der Waals surface area (Å²) in [5.74, 6) is 1.54. The van der Waals surface area contributed by atoms with E-state index in [4.69, 9.17) is 9.47 Å². The Bertz CT molecular complexity index is 384. The first-order chi connectivity index (χ1) is 8.72. The summed E-state index contributed by atoms with van der Waals surface area (Å²) in [6, 6.07) is 3.71. The highest BCUT2D eigenvalue weighted by molar-refractivity contribution is 5.53. The highest BCUT2D eigenvalue weighted by atomic mass is 16.5. The molecule has 1 aliphatic heterocycles. The summed E-state index contributed by atoms with van der Waals surface area (Å²) in [5.41, 5.74) is 0. The zero-order chi connectivity index (χ0) is 13.0. The van der Waals surface area contributed by atoms with Gasteiger partial charge in [0.2, 0.25) is 0 Å². The van der Waals surface area contributed by atoms with Crippen LogP contribution in [-0.2, 0) is 4.74 Å². The van der Waals surface area contributed by atoms with E-state index >= 15 is 0 Å². The third kappa shape index (κ3) is 2.91. The number of hydrogen-bond donors (Lipinski definition) is 1. The number of morpholine rings is 1. The van der Waals surface area contributed by atoms with E-state index < -0.39 is 0 Å². The summed E-state index contributed by atoms with van der Waals surface area (Å²) in [6.45, 7) is 5.91. The number of pyridine rings is 1. The van der Waals surface area contributed by atoms with Crippen LogP contribution in [0.25, 0.3) is 0 Å². The fraction of sp³-hybridized carbons (Fsp3) is 0.615. The topological polar surface area (TPSA) is 54.8 Å². The van der Waals surface area contributed by atoms with Gasteiger partial charge in [0.25, 0.3) is 0 Å². The molecule has 1 fully saturated rings. The van der Waals surface area contributed by atoms with Crippen molar-refractivity contribution >= 4 is 5.82 Å². The molecule has 1 aliphatic rings. The number of rotatable bonds is 4. The van der Waals surface area contributed by atoms with Crippen LogP contribution in [0, 0.1) is 0 Å². The van der Waals surface area contributed by atoms with Crippen molar-refractivity contribution in [3.8, 4) is 5.75 Å². The summed E-state index contributed by atoms with van der Waals surface area (Å²) in [5, 5.41) is 9.41. The summed E-state index contributed by atoms with van der Waals surface area (Å²) < 4.78 is 11.1. The number of aliphatic hydroxyl groups excluding tert-OH is 1. The molecule has 5 nitrogen and oxygen atoms in total. The molecule has 100 valence electrons. The van der Waals surface area contributed by atoms with Crippen LogP contribution in [0.15, 0.2) is 18.3 Å². The predicted molar refractivity (Wildman–Crippen MR) is 69.0 cm³/mol. The van der Waals surface area contributed by atoms with Gasteiger partial charge in [-0.2, -0.15) is 0 Å². The average molecular weight is 252 g/mol. The maximum atomic E-state index is 9.41. The lowest BCUT2D eigenvalue weighted by Gasteiger charge is -2.36. The molecule has 0 radical (unpaired) electrons. The van der Waals surface area contributed by atoms with Crippen LogP contribution in [-0.4, -0.2) is 48.6 Å². The minimum absolute atomic E-state index is 0.0526. The summed E-state index contributed by atoms with van der Waals surface area (Å²) in [4.78, 5) is 6.44. The van der Waals surface area contributed by atoms with Crippen molar-refractivity contribution in [3.63, 3.8) is 0 Å². The number of aromatic nitrogens is 1. The first-order valence-electron chi connectivity index (χ1n) is 6.29. The molecule has 5 heteroatoms. The van der Waals surface area contributed by atoms with Crippen molar-refractivity contribution in [3.05, 3.63) is 18.3 Å². The van der Waals surface area contributed by atoms with Gasteiger partial charge >= 0.3 is 0 Å². The first kappa shape index (κ1) is 13.1. The predicted octanol–water partition coefficient (Wildman–Crippen LogP) is 1.07. The van der Waals surface area contributed by atoms with E-state index in [2.05, 4.69) is 9.88 Å². The van der Waals surface area contributed by atoms with E-state index in [1.807, 2.05) is 26.0 Å². The Labute approximate surface area is 107 Å². The van der Waals surface area contributed by atoms with Crippen LogP contribution in [0.4, 0.5) is 5.82 Å². The van der Waals surface area contributed by atoms with Gasteiger partial charge in [-0.3, -0.25) is 0 Å². The smallest absolute Gasteiger partial charge is 0.171 e. The Kier molecular flexibility index (Phi) is 4.38. The molecule has 1 saturated heterocycles. The lowest BCUT2D eigenvalue weighted by atomic mass is 10.2. The molecule has 1 unspecified atom stereocenters. The van der Waals surface area contributed by atoms with Crippen LogP contribution >= 0.6 is 0 Å². The van der Waals surface area contributed by atoms with E-state index in [0.717, 1.165) is 18.1 Å². The van der Waals surface area contributed by atoms with E-state index in [1.54, 1.807) is 6.20 Å². The lowest BCUT2D eigenvalue weighted by molar-refractivity contribution is 0.0717. The maximum Gasteiger partial charge on any atom is 0.171 e. The molecule has 0 spiro atoms. The molecular weight excluding hydrogens is 232 g/mol. The van der Waals surface area contributed by atoms with Crippen LogP contribution in [0.1, 0.15) is 13.8 Å². The first-order valence-corrected chi connectivity index (χ1v) is 6.29. The molecule has 1 aromatic heterocycles. The molecule has 0 saturated carbocycles. The van der Waals surface area contributed by atoms with Gasteiger partial charge in [-0.15, -0.1) is 0 Å². The third-order valence-electron chi connectivity index (χ3n) is 2.82. The van der Waals surface area contributed by atoms with Gasteiger partial charge in [0.05, 0.1) is 32.0 Å². The Hall–Kier alpha value is -1.33. The van der Waals surface area contributed by atoms with Crippen molar-refractivity contribution < 1.29 is 14.6 Å². The summed E-state index contributed by atoms with van der Waals surface area (Å²) in [6.07, 6.45) is 1.84. The molecule has 0 bridgehead atoms. The molecule has 0 amide bonds. The van der Waals surface area contributed by atoms with Crippen molar-refractivity contribution in [2.24, 2.45) is 0 Å². The zero-order valence-corrected chi connectivity index (χ0v) is 10.9. The normalized spacial score (nSPS) is 20.2. The van der Waals surface area contributed by atoms with E-state index in [9.17, 15) is 5.11 Å². The zero-order valence-electron chi connectivity index (χ0n) is 10.9. The number of nitrogens with zero attached hydrogens (tertiary/aromatic N) is 2. The van der Waals surface area contributed by atoms with Gasteiger partial charge in [-0.05, 0) is 26.0 Å². The highest BCUT2D eigenvalue weighted by Crippen LogP contribution is 2.28. The van der Waals surface area contributed by atoms with Gasteiger partial charge in [-0.25, -0.2) is 4.98 Å². The Morgan fingerprint density at radius 2 is 2.44 bits per heavy atom. The molecule has 2 heterocycles. The van der Waals surface area contributed by atoms with Crippen LogP contribution < -0.4 is 9.64 Å². The van der Waals surface area contributed by atoms with Gasteiger partial charge in [0, 0.05) is 12.7 Å². The molecule has 18 heavy (non-hydrogen) atoms. The monoisotopic (exact) mass is 252 g/mol. The van der Waals surface area contributed by atoms with Crippen LogP contribution in [0.3, 0.4) is 0 Å². The fourth-order valence-electron chi connectivity index (χ4n) is 2.03. The minimum Gasteiger partial charge on any atom is -0.487 e. The molecule has 1 aromatic rings. The number of ether oxygens (including phenoxy) is 2. The molecular formula is C13H20N2O3. The SMILES string of the molecule is CC(C)Oc1cccnc1N1CCOCC1CO. The number of anilines is 1. The van der Waals surface area contributed by atoms with Gasteiger partial charge in [0.1, 0.15) is 0 Å². The number of hydrogen-bond acceptors (Lipinski definition) is 5. The number of aliphatic hydroxyl groups is 1. The van der Waals surface area contributed by atoms with Gasteiger partial charge in [-0.1, -0.05) is 0 Å². The van der Waals surface area contributed by atoms with Crippen molar-refractivity contribution in [2.45, 2.75) is 26.0 Å². The van der Waals surface area contributed by atoms with Gasteiger partial charge in [0.15, 0.2) is 11.6 Å². The van der Waals surface area contributed by atoms with Gasteiger partial charge < -0.3 is 19.5 Å². The molecule has 0 aliphatic carbocycles. The van der Waals surface area contributed by atoms with E-state index in [0.29, 0.717) is 13.2 Å². The Balaban J connectivity index is 2.24. The standard InChI is InChI=1S/C13H20N2O3/c1-10(2)18-12-4-3-5-14-13(12)15-6-7-17-9-11(15)8-16/h3-5,10-11,16H,6-9H2,1-2H3. The Morgan fingerprint density at radius 1 is 1.61 bits per heavy atom. The lowest BCUT2D eigenvalue weighted by Crippen LogP contribution is -2.48. The Morgan fingerprint density at radius 3 is 3.17 bits per heavy atom. The van der Waals surface area contributed by atoms with Crippen LogP contribution in [0.2, 0.25) is 0 Å².